The number of carbonyl (C=O) groups excluding carboxylic acids is 1. The normalized spacial score (nSPS) is 19.1. The van der Waals surface area contributed by atoms with Gasteiger partial charge in [0.2, 0.25) is 0 Å². The summed E-state index contributed by atoms with van der Waals surface area (Å²) in [5, 5.41) is 0. The van der Waals surface area contributed by atoms with E-state index in [2.05, 4.69) is 11.5 Å². The summed E-state index contributed by atoms with van der Waals surface area (Å²) in [6, 6.07) is 4.30. The highest BCUT2D eigenvalue weighted by Crippen LogP contribution is 2.39. The van der Waals surface area contributed by atoms with Crippen LogP contribution in [0.25, 0.3) is 0 Å². The fourth-order valence-corrected chi connectivity index (χ4v) is 1.68. The van der Waals surface area contributed by atoms with Crippen molar-refractivity contribution in [3.63, 3.8) is 0 Å². The Labute approximate surface area is 72.2 Å². The van der Waals surface area contributed by atoms with Crippen molar-refractivity contribution in [1.29, 1.82) is 0 Å². The van der Waals surface area contributed by atoms with Gasteiger partial charge in [-0.3, -0.25) is 4.79 Å². The first-order valence-corrected chi connectivity index (χ1v) is 4.45. The van der Waals surface area contributed by atoms with Crippen LogP contribution in [0.15, 0.2) is 18.3 Å². The molecule has 2 nitrogen and oxygen atoms in total. The Morgan fingerprint density at radius 2 is 2.42 bits per heavy atom. The molecule has 1 atom stereocenters. The third-order valence-corrected chi connectivity index (χ3v) is 2.68. The molecule has 0 aromatic carbocycles. The second kappa shape index (κ2) is 2.77. The lowest BCUT2D eigenvalue weighted by molar-refractivity contribution is 0.111. The molecule has 0 amide bonds. The minimum atomic E-state index is 0.500. The molecule has 1 aromatic heterocycles. The van der Waals surface area contributed by atoms with Crippen LogP contribution in [0.4, 0.5) is 0 Å². The van der Waals surface area contributed by atoms with Crippen LogP contribution in [-0.2, 0) is 0 Å². The maximum atomic E-state index is 10.6. The number of aldehydes is 1. The molecule has 1 heterocycles. The molecular formula is C10H13NO. The minimum Gasteiger partial charge on any atom is -0.342 e. The summed E-state index contributed by atoms with van der Waals surface area (Å²) in [6.45, 7) is 2.19. The summed E-state index contributed by atoms with van der Waals surface area (Å²) in [5.41, 5.74) is 0.800. The van der Waals surface area contributed by atoms with Gasteiger partial charge in [-0.15, -0.1) is 0 Å². The molecule has 0 N–H and O–H groups in total. The van der Waals surface area contributed by atoms with Gasteiger partial charge in [-0.1, -0.05) is 0 Å². The second-order valence-electron chi connectivity index (χ2n) is 3.54. The first-order valence-electron chi connectivity index (χ1n) is 4.45. The average molecular weight is 163 g/mol. The van der Waals surface area contributed by atoms with Gasteiger partial charge >= 0.3 is 0 Å². The van der Waals surface area contributed by atoms with Crippen LogP contribution < -0.4 is 0 Å². The standard InChI is InChI=1S/C10H13NO/c1-8(9-4-5-9)11-6-2-3-10(11)7-12/h2-3,6-9H,4-5H2,1H3. The first kappa shape index (κ1) is 7.59. The molecule has 2 rings (SSSR count). The van der Waals surface area contributed by atoms with E-state index in [0.29, 0.717) is 6.04 Å². The van der Waals surface area contributed by atoms with Gasteiger partial charge in [0.15, 0.2) is 6.29 Å². The van der Waals surface area contributed by atoms with Crippen LogP contribution in [0, 0.1) is 5.92 Å². The van der Waals surface area contributed by atoms with Crippen LogP contribution in [0.5, 0.6) is 0 Å². The van der Waals surface area contributed by atoms with E-state index in [0.717, 1.165) is 17.9 Å². The van der Waals surface area contributed by atoms with Gasteiger partial charge in [0.25, 0.3) is 0 Å². The van der Waals surface area contributed by atoms with Gasteiger partial charge in [0.05, 0.1) is 5.69 Å². The average Bonchev–Trinajstić information content (AvgIpc) is 2.82. The van der Waals surface area contributed by atoms with E-state index in [9.17, 15) is 4.79 Å². The van der Waals surface area contributed by atoms with E-state index >= 15 is 0 Å². The lowest BCUT2D eigenvalue weighted by atomic mass is 10.2. The Balaban J connectivity index is 2.24. The van der Waals surface area contributed by atoms with E-state index in [4.69, 9.17) is 0 Å². The second-order valence-corrected chi connectivity index (χ2v) is 3.54. The molecule has 1 saturated carbocycles. The highest BCUT2D eigenvalue weighted by atomic mass is 16.1. The summed E-state index contributed by atoms with van der Waals surface area (Å²) in [4.78, 5) is 10.6. The Kier molecular flexibility index (Phi) is 1.75. The maximum absolute atomic E-state index is 10.6. The van der Waals surface area contributed by atoms with Gasteiger partial charge in [0, 0.05) is 12.2 Å². The summed E-state index contributed by atoms with van der Waals surface area (Å²) >= 11 is 0. The molecular weight excluding hydrogens is 150 g/mol. The van der Waals surface area contributed by atoms with Crippen LogP contribution in [0.3, 0.4) is 0 Å². The van der Waals surface area contributed by atoms with Crippen molar-refractivity contribution in [2.45, 2.75) is 25.8 Å². The largest absolute Gasteiger partial charge is 0.342 e. The molecule has 1 aliphatic carbocycles. The number of rotatable bonds is 3. The molecule has 0 radical (unpaired) electrons. The quantitative estimate of drug-likeness (QED) is 0.626. The van der Waals surface area contributed by atoms with Gasteiger partial charge in [-0.2, -0.15) is 0 Å². The highest BCUT2D eigenvalue weighted by Gasteiger charge is 2.29. The molecule has 1 aliphatic rings. The van der Waals surface area contributed by atoms with Crippen molar-refractivity contribution in [3.05, 3.63) is 24.0 Å². The summed E-state index contributed by atoms with van der Waals surface area (Å²) in [5.74, 6) is 0.802. The van der Waals surface area contributed by atoms with Crippen LogP contribution in [0.2, 0.25) is 0 Å². The van der Waals surface area contributed by atoms with E-state index in [1.54, 1.807) is 0 Å². The van der Waals surface area contributed by atoms with E-state index in [1.807, 2.05) is 18.3 Å². The van der Waals surface area contributed by atoms with Crippen molar-refractivity contribution < 1.29 is 4.79 Å². The fourth-order valence-electron chi connectivity index (χ4n) is 1.68. The monoisotopic (exact) mass is 163 g/mol. The van der Waals surface area contributed by atoms with Gasteiger partial charge in [-0.25, -0.2) is 0 Å². The zero-order valence-corrected chi connectivity index (χ0v) is 7.23. The van der Waals surface area contributed by atoms with Gasteiger partial charge < -0.3 is 4.57 Å². The number of hydrogen-bond acceptors (Lipinski definition) is 1. The highest BCUT2D eigenvalue weighted by molar-refractivity contribution is 5.72. The Hall–Kier alpha value is -1.05. The van der Waals surface area contributed by atoms with Crippen LogP contribution >= 0.6 is 0 Å². The maximum Gasteiger partial charge on any atom is 0.166 e. The van der Waals surface area contributed by atoms with Crippen molar-refractivity contribution in [3.8, 4) is 0 Å². The SMILES string of the molecule is CC(C1CC1)n1cccc1C=O. The molecule has 0 aliphatic heterocycles. The summed E-state index contributed by atoms with van der Waals surface area (Å²) < 4.78 is 2.07. The van der Waals surface area contributed by atoms with E-state index in [-0.39, 0.29) is 0 Å². The third kappa shape index (κ3) is 1.17. The predicted octanol–water partition coefficient (Wildman–Crippen LogP) is 2.27. The number of aromatic nitrogens is 1. The smallest absolute Gasteiger partial charge is 0.166 e. The Bertz CT molecular complexity index is 286. The molecule has 1 unspecified atom stereocenters. The van der Waals surface area contributed by atoms with Crippen molar-refractivity contribution in [2.75, 3.05) is 0 Å². The molecule has 2 heteroatoms. The van der Waals surface area contributed by atoms with Gasteiger partial charge in [-0.05, 0) is 37.8 Å². The minimum absolute atomic E-state index is 0.500. The first-order chi connectivity index (χ1) is 5.83. The zero-order valence-electron chi connectivity index (χ0n) is 7.23. The molecule has 1 fully saturated rings. The number of nitrogens with zero attached hydrogens (tertiary/aromatic N) is 1. The lowest BCUT2D eigenvalue weighted by Gasteiger charge is -2.13. The predicted molar refractivity (Wildman–Crippen MR) is 47.3 cm³/mol. The molecule has 0 saturated heterocycles. The third-order valence-electron chi connectivity index (χ3n) is 2.68. The van der Waals surface area contributed by atoms with Gasteiger partial charge in [0.1, 0.15) is 0 Å². The van der Waals surface area contributed by atoms with E-state index < -0.39 is 0 Å². The topological polar surface area (TPSA) is 22.0 Å². The summed E-state index contributed by atoms with van der Waals surface area (Å²) in [7, 11) is 0. The lowest BCUT2D eigenvalue weighted by Crippen LogP contribution is -2.08. The molecule has 0 bridgehead atoms. The zero-order chi connectivity index (χ0) is 8.55. The van der Waals surface area contributed by atoms with Crippen LogP contribution in [-0.4, -0.2) is 10.9 Å². The Morgan fingerprint density at radius 1 is 1.67 bits per heavy atom. The molecule has 1 aromatic rings. The van der Waals surface area contributed by atoms with Crippen molar-refractivity contribution in [2.24, 2.45) is 5.92 Å². The molecule has 0 spiro atoms. The molecule has 12 heavy (non-hydrogen) atoms. The van der Waals surface area contributed by atoms with Crippen molar-refractivity contribution in [1.82, 2.24) is 4.57 Å². The van der Waals surface area contributed by atoms with Crippen molar-refractivity contribution >= 4 is 6.29 Å². The van der Waals surface area contributed by atoms with E-state index in [1.165, 1.54) is 12.8 Å². The number of hydrogen-bond donors (Lipinski definition) is 0. The fraction of sp³-hybridized carbons (Fsp3) is 0.500. The molecule has 64 valence electrons. The number of carbonyl (C=O) groups is 1. The summed E-state index contributed by atoms with van der Waals surface area (Å²) in [6.07, 6.45) is 5.56. The Morgan fingerprint density at radius 3 is 3.00 bits per heavy atom. The van der Waals surface area contributed by atoms with Crippen LogP contribution in [0.1, 0.15) is 36.3 Å².